The summed E-state index contributed by atoms with van der Waals surface area (Å²) in [5.74, 6) is 2.61. The highest BCUT2D eigenvalue weighted by molar-refractivity contribution is 5.85. The molecule has 0 radical (unpaired) electrons. The normalized spacial score (nSPS) is 10.0. The Labute approximate surface area is 185 Å². The van der Waals surface area contributed by atoms with Gasteiger partial charge in [0, 0.05) is 6.54 Å². The van der Waals surface area contributed by atoms with E-state index in [1.807, 2.05) is 0 Å². The van der Waals surface area contributed by atoms with Gasteiger partial charge in [0.15, 0.2) is 0 Å². The molecule has 0 saturated carbocycles. The summed E-state index contributed by atoms with van der Waals surface area (Å²) < 4.78 is 26.3. The molecule has 0 saturated heterocycles. The number of benzene rings is 2. The Morgan fingerprint density at radius 1 is 0.903 bits per heavy atom. The van der Waals surface area contributed by atoms with E-state index in [1.54, 1.807) is 24.3 Å². The number of aromatic nitrogens is 3. The van der Waals surface area contributed by atoms with Crippen LogP contribution in [-0.2, 0) is 17.9 Å². The Bertz CT molecular complexity index is 1010. The van der Waals surface area contributed by atoms with Crippen molar-refractivity contribution in [2.75, 3.05) is 29.4 Å². The zero-order valence-electron chi connectivity index (χ0n) is 16.7. The molecule has 1 heterocycles. The summed E-state index contributed by atoms with van der Waals surface area (Å²) in [4.78, 5) is 18.4. The van der Waals surface area contributed by atoms with E-state index < -0.39 is 0 Å². The summed E-state index contributed by atoms with van der Waals surface area (Å²) in [5.41, 5.74) is 1.66. The van der Waals surface area contributed by atoms with E-state index in [9.17, 15) is 8.78 Å². The molecule has 0 bridgehead atoms. The van der Waals surface area contributed by atoms with Crippen LogP contribution in [0.3, 0.4) is 0 Å². The molecule has 162 valence electrons. The van der Waals surface area contributed by atoms with Crippen molar-refractivity contribution in [2.45, 2.75) is 13.1 Å². The highest BCUT2D eigenvalue weighted by Crippen LogP contribution is 2.17. The Morgan fingerprint density at radius 3 is 2.00 bits per heavy atom. The number of hydroxylamine groups is 1. The number of hydrogen-bond acceptors (Lipinski definition) is 7. The van der Waals surface area contributed by atoms with Crippen molar-refractivity contribution in [3.8, 4) is 12.3 Å². The molecular weight excluding hydrogens is 426 g/mol. The van der Waals surface area contributed by atoms with Crippen LogP contribution in [0.15, 0.2) is 48.5 Å². The summed E-state index contributed by atoms with van der Waals surface area (Å²) in [5, 5.41) is 7.43. The third kappa shape index (κ3) is 7.06. The number of terminal acetylenes is 1. The van der Waals surface area contributed by atoms with Crippen molar-refractivity contribution in [3.05, 3.63) is 71.3 Å². The first-order valence-electron chi connectivity index (χ1n) is 9.05. The first kappa shape index (κ1) is 23.8. The molecule has 3 rings (SSSR count). The molecule has 0 unspecified atom stereocenters. The van der Waals surface area contributed by atoms with Crippen LogP contribution < -0.4 is 15.7 Å². The van der Waals surface area contributed by atoms with Crippen LogP contribution in [0.25, 0.3) is 0 Å². The van der Waals surface area contributed by atoms with Crippen molar-refractivity contribution >= 4 is 30.3 Å². The van der Waals surface area contributed by atoms with Crippen molar-refractivity contribution in [1.29, 1.82) is 0 Å². The van der Waals surface area contributed by atoms with Crippen molar-refractivity contribution < 1.29 is 13.6 Å². The quantitative estimate of drug-likeness (QED) is 0.382. The van der Waals surface area contributed by atoms with E-state index in [1.165, 1.54) is 36.4 Å². The third-order valence-corrected chi connectivity index (χ3v) is 4.02. The largest absolute Gasteiger partial charge is 0.350 e. The van der Waals surface area contributed by atoms with E-state index in [0.29, 0.717) is 6.54 Å². The van der Waals surface area contributed by atoms with Crippen molar-refractivity contribution in [1.82, 2.24) is 15.0 Å². The standard InChI is InChI=1S/C21H20F2N6O.ClH/c1-3-12-24-19-26-20(25-13-15-4-8-17(22)9-5-15)28-21(27-19)29(30-2)14-16-6-10-18(23)11-7-16;/h1,4-11H,12-14H2,2H3,(H2,24,25,26,27,28);1H. The van der Waals surface area contributed by atoms with E-state index in [2.05, 4.69) is 31.5 Å². The molecule has 0 aliphatic rings. The summed E-state index contributed by atoms with van der Waals surface area (Å²) in [6, 6.07) is 12.1. The van der Waals surface area contributed by atoms with Gasteiger partial charge in [-0.2, -0.15) is 15.0 Å². The van der Waals surface area contributed by atoms with E-state index in [-0.39, 0.29) is 55.0 Å². The van der Waals surface area contributed by atoms with Gasteiger partial charge in [-0.05, 0) is 35.4 Å². The van der Waals surface area contributed by atoms with Gasteiger partial charge in [-0.25, -0.2) is 13.8 Å². The number of hydrogen-bond donors (Lipinski definition) is 2. The maximum absolute atomic E-state index is 13.2. The second-order valence-electron chi connectivity index (χ2n) is 6.17. The first-order valence-corrected chi connectivity index (χ1v) is 9.05. The van der Waals surface area contributed by atoms with Gasteiger partial charge in [-0.3, -0.25) is 4.84 Å². The second kappa shape index (κ2) is 11.6. The van der Waals surface area contributed by atoms with Crippen LogP contribution in [0.5, 0.6) is 0 Å². The molecule has 1 aromatic heterocycles. The molecule has 7 nitrogen and oxygen atoms in total. The predicted octanol–water partition coefficient (Wildman–Crippen LogP) is 3.80. The van der Waals surface area contributed by atoms with Gasteiger partial charge in [0.05, 0.1) is 20.2 Å². The van der Waals surface area contributed by atoms with Crippen LogP contribution in [-0.4, -0.2) is 28.6 Å². The van der Waals surface area contributed by atoms with Gasteiger partial charge in [0.25, 0.3) is 5.95 Å². The molecule has 0 aliphatic heterocycles. The lowest BCUT2D eigenvalue weighted by molar-refractivity contribution is 0.158. The topological polar surface area (TPSA) is 75.2 Å². The molecule has 3 aromatic rings. The van der Waals surface area contributed by atoms with Gasteiger partial charge in [0.1, 0.15) is 11.6 Å². The van der Waals surface area contributed by atoms with Gasteiger partial charge in [-0.15, -0.1) is 18.8 Å². The van der Waals surface area contributed by atoms with Gasteiger partial charge >= 0.3 is 0 Å². The zero-order chi connectivity index (χ0) is 21.3. The SMILES string of the molecule is C#CCNc1nc(NCc2ccc(F)cc2)nc(N(Cc2ccc(F)cc2)OC)n1.Cl. The second-order valence-corrected chi connectivity index (χ2v) is 6.17. The Kier molecular flexibility index (Phi) is 8.94. The number of halogens is 3. The zero-order valence-corrected chi connectivity index (χ0v) is 17.5. The third-order valence-electron chi connectivity index (χ3n) is 4.02. The molecular formula is C21H21ClF2N6O. The molecule has 0 spiro atoms. The summed E-state index contributed by atoms with van der Waals surface area (Å²) in [7, 11) is 1.48. The van der Waals surface area contributed by atoms with Crippen LogP contribution in [0, 0.1) is 24.0 Å². The van der Waals surface area contributed by atoms with Gasteiger partial charge in [-0.1, -0.05) is 30.2 Å². The highest BCUT2D eigenvalue weighted by Gasteiger charge is 2.14. The summed E-state index contributed by atoms with van der Waals surface area (Å²) in [6.07, 6.45) is 5.30. The fraction of sp³-hybridized carbons (Fsp3) is 0.190. The summed E-state index contributed by atoms with van der Waals surface area (Å²) in [6.45, 7) is 0.891. The minimum absolute atomic E-state index is 0. The first-order chi connectivity index (χ1) is 14.6. The monoisotopic (exact) mass is 446 g/mol. The highest BCUT2D eigenvalue weighted by atomic mass is 35.5. The molecule has 0 atom stereocenters. The predicted molar refractivity (Wildman–Crippen MR) is 118 cm³/mol. The number of nitrogens with one attached hydrogen (secondary N) is 2. The molecule has 2 N–H and O–H groups in total. The Hall–Kier alpha value is -3.48. The number of anilines is 3. The fourth-order valence-corrected chi connectivity index (χ4v) is 2.52. The fourth-order valence-electron chi connectivity index (χ4n) is 2.52. The lowest BCUT2D eigenvalue weighted by Crippen LogP contribution is -2.25. The molecule has 0 aliphatic carbocycles. The lowest BCUT2D eigenvalue weighted by Gasteiger charge is -2.20. The van der Waals surface area contributed by atoms with Crippen LogP contribution in [0.1, 0.15) is 11.1 Å². The number of rotatable bonds is 9. The molecule has 0 amide bonds. The van der Waals surface area contributed by atoms with E-state index in [4.69, 9.17) is 11.3 Å². The van der Waals surface area contributed by atoms with Crippen molar-refractivity contribution in [2.24, 2.45) is 0 Å². The Morgan fingerprint density at radius 2 is 1.45 bits per heavy atom. The lowest BCUT2D eigenvalue weighted by atomic mass is 10.2. The Balaban J connectivity index is 0.00000341. The molecule has 31 heavy (non-hydrogen) atoms. The summed E-state index contributed by atoms with van der Waals surface area (Å²) >= 11 is 0. The maximum atomic E-state index is 13.2. The van der Waals surface area contributed by atoms with Crippen molar-refractivity contribution in [3.63, 3.8) is 0 Å². The molecule has 0 fully saturated rings. The molecule has 10 heteroatoms. The van der Waals surface area contributed by atoms with Crippen LogP contribution in [0.4, 0.5) is 26.6 Å². The number of nitrogens with zero attached hydrogens (tertiary/aromatic N) is 4. The van der Waals surface area contributed by atoms with Gasteiger partial charge in [0.2, 0.25) is 11.9 Å². The van der Waals surface area contributed by atoms with E-state index in [0.717, 1.165) is 11.1 Å². The molecule has 2 aromatic carbocycles. The minimum Gasteiger partial charge on any atom is -0.350 e. The van der Waals surface area contributed by atoms with Gasteiger partial charge < -0.3 is 10.6 Å². The van der Waals surface area contributed by atoms with E-state index >= 15 is 0 Å². The van der Waals surface area contributed by atoms with Crippen LogP contribution >= 0.6 is 12.4 Å². The maximum Gasteiger partial charge on any atom is 0.256 e. The minimum atomic E-state index is -0.323. The van der Waals surface area contributed by atoms with Crippen LogP contribution in [0.2, 0.25) is 0 Å². The average Bonchev–Trinajstić information content (AvgIpc) is 2.77. The smallest absolute Gasteiger partial charge is 0.256 e. The average molecular weight is 447 g/mol.